The monoisotopic (exact) mass is 1010 g/mol. The smallest absolute Gasteiger partial charge is 0.493 e. The second-order valence-corrected chi connectivity index (χ2v) is 19.4. The number of anilines is 4. The quantitative estimate of drug-likeness (QED) is 0.0799. The van der Waals surface area contributed by atoms with Gasteiger partial charge in [0.2, 0.25) is 0 Å². The third-order valence-corrected chi connectivity index (χ3v) is 12.6. The normalized spacial score (nSPS) is 13.4. The molecule has 9 heteroatoms. The molecule has 0 spiro atoms. The molecule has 0 aromatic heterocycles. The zero-order chi connectivity index (χ0) is 49.8. The van der Waals surface area contributed by atoms with Crippen LogP contribution < -0.4 is 29.1 Å². The first-order valence-electron chi connectivity index (χ1n) is 24.8. The molecule has 70 heavy (non-hydrogen) atoms. The summed E-state index contributed by atoms with van der Waals surface area (Å²) < 4.78 is 12.8. The van der Waals surface area contributed by atoms with Crippen molar-refractivity contribution in [3.05, 3.63) is 203 Å². The Morgan fingerprint density at radius 2 is 0.757 bits per heavy atom. The van der Waals surface area contributed by atoms with Crippen LogP contribution in [0.15, 0.2) is 133 Å². The molecule has 0 radical (unpaired) electrons. The number of ether oxygens (including phenoxy) is 2. The summed E-state index contributed by atoms with van der Waals surface area (Å²) in [6.07, 6.45) is 0.656. The average Bonchev–Trinajstić information content (AvgIpc) is 3.90. The van der Waals surface area contributed by atoms with E-state index in [4.69, 9.17) is 9.47 Å². The molecule has 2 fully saturated rings. The molecule has 8 rings (SSSR count). The number of benzene rings is 6. The van der Waals surface area contributed by atoms with Gasteiger partial charge in [0.1, 0.15) is 11.5 Å². The Bertz CT molecular complexity index is 2400. The van der Waals surface area contributed by atoms with E-state index < -0.39 is 0 Å². The molecular weight excluding hydrogens is 940 g/mol. The van der Waals surface area contributed by atoms with Crippen LogP contribution in [-0.4, -0.2) is 51.3 Å². The molecule has 2 aliphatic rings. The molecule has 6 aromatic carbocycles. The SMILES string of the molecule is Cc1ccc(OCCCOc2ccc(C)cc2N2CCN(c3c(C(C)C)cccc3C(C)C)C2=[N-])c(N2CCN(c3c(C(C)C)cccc3C(C)C)C2=[N-])c1.[CH2-]c1ccccc1.[CH2-]c1ccccc1.[Zr+4]. The fourth-order valence-corrected chi connectivity index (χ4v) is 8.92. The Morgan fingerprint density at radius 1 is 0.443 bits per heavy atom. The minimum absolute atomic E-state index is 0. The van der Waals surface area contributed by atoms with Crippen LogP contribution >= 0.6 is 0 Å². The van der Waals surface area contributed by atoms with Gasteiger partial charge in [0.15, 0.2) is 0 Å². The number of guanidine groups is 2. The molecule has 0 atom stereocenters. The van der Waals surface area contributed by atoms with Gasteiger partial charge in [-0.25, -0.2) is 0 Å². The largest absolute Gasteiger partial charge is 4.00 e. The maximum atomic E-state index is 11.8. The molecule has 0 unspecified atom stereocenters. The van der Waals surface area contributed by atoms with Crippen molar-refractivity contribution in [3.63, 3.8) is 0 Å². The van der Waals surface area contributed by atoms with E-state index in [1.165, 1.54) is 22.3 Å². The van der Waals surface area contributed by atoms with Crippen LogP contribution in [0.4, 0.5) is 22.7 Å². The second kappa shape index (κ2) is 25.8. The predicted molar refractivity (Wildman–Crippen MR) is 295 cm³/mol. The Morgan fingerprint density at radius 3 is 1.04 bits per heavy atom. The van der Waals surface area contributed by atoms with Crippen molar-refractivity contribution in [2.45, 2.75) is 99.3 Å². The zero-order valence-electron chi connectivity index (χ0n) is 43.4. The first kappa shape index (κ1) is 55.0. The van der Waals surface area contributed by atoms with Crippen LogP contribution in [0, 0.1) is 27.7 Å². The van der Waals surface area contributed by atoms with Crippen LogP contribution in [0.25, 0.3) is 10.8 Å². The van der Waals surface area contributed by atoms with E-state index in [0.717, 1.165) is 56.5 Å². The molecule has 6 aromatic rings. The maximum absolute atomic E-state index is 11.8. The average molecular weight is 1010 g/mol. The maximum Gasteiger partial charge on any atom is 4.00 e. The van der Waals surface area contributed by atoms with Crippen LogP contribution in [0.3, 0.4) is 0 Å². The Balaban J connectivity index is 0.000000521. The first-order valence-corrected chi connectivity index (χ1v) is 24.8. The van der Waals surface area contributed by atoms with Crippen molar-refractivity contribution in [1.82, 2.24) is 0 Å². The minimum Gasteiger partial charge on any atom is -0.493 e. The minimum atomic E-state index is 0. The number of aryl methyl sites for hydroxylation is 2. The first-order chi connectivity index (χ1) is 33.1. The van der Waals surface area contributed by atoms with E-state index in [2.05, 4.69) is 154 Å². The Hall–Kier alpha value is -5.92. The van der Waals surface area contributed by atoms with E-state index >= 15 is 0 Å². The van der Waals surface area contributed by atoms with E-state index in [0.29, 0.717) is 69.5 Å². The predicted octanol–water partition coefficient (Wildman–Crippen LogP) is 14.9. The van der Waals surface area contributed by atoms with Crippen LogP contribution in [0.2, 0.25) is 0 Å². The number of nitrogens with zero attached hydrogens (tertiary/aromatic N) is 6. The van der Waals surface area contributed by atoms with Crippen LogP contribution in [0.5, 0.6) is 11.5 Å². The van der Waals surface area contributed by atoms with E-state index in [9.17, 15) is 10.8 Å². The van der Waals surface area contributed by atoms with Crippen molar-refractivity contribution >= 4 is 34.7 Å². The fraction of sp³-hybridized carbons (Fsp3) is 0.344. The molecule has 2 aliphatic heterocycles. The van der Waals surface area contributed by atoms with Gasteiger partial charge in [0.25, 0.3) is 0 Å². The zero-order valence-corrected chi connectivity index (χ0v) is 45.8. The Labute approximate surface area is 440 Å². The number of hydrogen-bond acceptors (Lipinski definition) is 2. The van der Waals surface area contributed by atoms with Gasteiger partial charge in [-0.05, 0) is 122 Å². The van der Waals surface area contributed by atoms with Crippen molar-refractivity contribution in [2.24, 2.45) is 0 Å². The summed E-state index contributed by atoms with van der Waals surface area (Å²) in [4.78, 5) is 8.10. The van der Waals surface area contributed by atoms with Crippen LogP contribution in [-0.2, 0) is 26.2 Å². The second-order valence-electron chi connectivity index (χ2n) is 19.4. The number of hydrogen-bond donors (Lipinski definition) is 0. The van der Waals surface area contributed by atoms with Crippen molar-refractivity contribution in [2.75, 3.05) is 59.0 Å². The fourth-order valence-electron chi connectivity index (χ4n) is 8.92. The molecule has 0 saturated carbocycles. The number of para-hydroxylation sites is 2. The van der Waals surface area contributed by atoms with E-state index in [-0.39, 0.29) is 38.1 Å². The topological polar surface area (TPSA) is 76.0 Å². The van der Waals surface area contributed by atoms with Crippen molar-refractivity contribution < 1.29 is 35.7 Å². The van der Waals surface area contributed by atoms with Gasteiger partial charge in [0, 0.05) is 29.7 Å². The van der Waals surface area contributed by atoms with Gasteiger partial charge >= 0.3 is 26.2 Å². The number of rotatable bonds is 14. The van der Waals surface area contributed by atoms with Crippen molar-refractivity contribution in [3.8, 4) is 11.5 Å². The van der Waals surface area contributed by atoms with E-state index in [1.54, 1.807) is 0 Å². The van der Waals surface area contributed by atoms with Gasteiger partial charge in [-0.1, -0.05) is 127 Å². The summed E-state index contributed by atoms with van der Waals surface area (Å²) >= 11 is 0. The molecule has 2 heterocycles. The standard InChI is InChI=1S/C47H60N6O2.2C7H7.Zr/c1-30(2)36-14-11-15-37(31(3)4)44(36)52-24-22-50(46(52)48)40-28-34(9)18-20-42(40)54-26-13-27-55-43-21-19-35(10)29-41(43)51-23-25-53(47(51)49)45-38(32(5)6)16-12-17-39(45)33(7)8;2*1-7-5-3-2-4-6-7;/h11-12,14-21,28-33H,13,22-27H2,1-10H3;2*2-6H,1H2;/q-2;2*-1;+4. The van der Waals surface area contributed by atoms with Gasteiger partial charge < -0.3 is 39.9 Å². The molecule has 0 aliphatic carbocycles. The van der Waals surface area contributed by atoms with Gasteiger partial charge in [0.05, 0.1) is 13.2 Å². The Kier molecular flexibility index (Phi) is 20.3. The third kappa shape index (κ3) is 13.7. The summed E-state index contributed by atoms with van der Waals surface area (Å²) in [6.45, 7) is 32.8. The summed E-state index contributed by atoms with van der Waals surface area (Å²) in [7, 11) is 0. The van der Waals surface area contributed by atoms with Gasteiger partial charge in [-0.2, -0.15) is 49.2 Å². The van der Waals surface area contributed by atoms with Gasteiger partial charge in [-0.3, -0.25) is 0 Å². The molecular formula is C61H74N6O2Zr. The molecule has 8 nitrogen and oxygen atoms in total. The molecule has 0 amide bonds. The molecule has 364 valence electrons. The summed E-state index contributed by atoms with van der Waals surface area (Å²) in [6, 6.07) is 45.0. The van der Waals surface area contributed by atoms with Crippen LogP contribution in [0.1, 0.15) is 130 Å². The molecule has 2 saturated heterocycles. The van der Waals surface area contributed by atoms with Gasteiger partial charge in [-0.15, -0.1) is 24.3 Å². The summed E-state index contributed by atoms with van der Waals surface area (Å²) in [5.41, 5.74) is 13.3. The summed E-state index contributed by atoms with van der Waals surface area (Å²) in [5.74, 6) is 3.22. The third-order valence-electron chi connectivity index (χ3n) is 12.6. The van der Waals surface area contributed by atoms with E-state index in [1.807, 2.05) is 82.6 Å². The molecule has 0 N–H and O–H groups in total. The molecule has 0 bridgehead atoms. The summed E-state index contributed by atoms with van der Waals surface area (Å²) in [5, 5.41) is 23.6. The van der Waals surface area contributed by atoms with Crippen molar-refractivity contribution in [1.29, 1.82) is 0 Å².